The van der Waals surface area contributed by atoms with E-state index >= 15 is 0 Å². The van der Waals surface area contributed by atoms with Gasteiger partial charge in [0.15, 0.2) is 0 Å². The van der Waals surface area contributed by atoms with E-state index in [-0.39, 0.29) is 0 Å². The highest BCUT2D eigenvalue weighted by Gasteiger charge is 2.22. The van der Waals surface area contributed by atoms with Gasteiger partial charge in [0.25, 0.3) is 0 Å². The summed E-state index contributed by atoms with van der Waals surface area (Å²) in [5.41, 5.74) is 5.31. The Morgan fingerprint density at radius 2 is 1.46 bits per heavy atom. The van der Waals surface area contributed by atoms with Crippen molar-refractivity contribution in [3.8, 4) is 11.1 Å². The molecule has 1 aromatic heterocycles. The van der Waals surface area contributed by atoms with Crippen LogP contribution in [0.1, 0.15) is 102 Å². The predicted octanol–water partition coefficient (Wildman–Crippen LogP) is 8.34. The fourth-order valence-electron chi connectivity index (χ4n) is 4.77. The van der Waals surface area contributed by atoms with E-state index in [4.69, 9.17) is 4.98 Å². The van der Waals surface area contributed by atoms with Crippen LogP contribution in [-0.4, -0.2) is 4.98 Å². The number of benzene rings is 1. The van der Waals surface area contributed by atoms with Crippen molar-refractivity contribution in [1.29, 1.82) is 0 Å². The zero-order chi connectivity index (χ0) is 19.6. The maximum Gasteiger partial charge on any atom is 0.0434 e. The second-order valence-corrected chi connectivity index (χ2v) is 8.84. The first kappa shape index (κ1) is 21.1. The van der Waals surface area contributed by atoms with Crippen LogP contribution in [0.2, 0.25) is 0 Å². The largest absolute Gasteiger partial charge is 0.260 e. The highest BCUT2D eigenvalue weighted by atomic mass is 14.7. The minimum Gasteiger partial charge on any atom is -0.260 e. The molecular weight excluding hydrogens is 338 g/mol. The Kier molecular flexibility index (Phi) is 8.58. The van der Waals surface area contributed by atoms with Gasteiger partial charge in [0.2, 0.25) is 0 Å². The van der Waals surface area contributed by atoms with Crippen LogP contribution >= 0.6 is 0 Å². The summed E-state index contributed by atoms with van der Waals surface area (Å²) in [5.74, 6) is 1.64. The lowest BCUT2D eigenvalue weighted by atomic mass is 9.78. The molecule has 152 valence electrons. The molecular formula is C27H39N. The Balaban J connectivity index is 1.51. The molecule has 1 fully saturated rings. The monoisotopic (exact) mass is 377 g/mol. The normalized spacial score (nSPS) is 19.6. The zero-order valence-corrected chi connectivity index (χ0v) is 18.1. The van der Waals surface area contributed by atoms with E-state index in [0.29, 0.717) is 5.92 Å². The van der Waals surface area contributed by atoms with E-state index in [1.54, 1.807) is 0 Å². The summed E-state index contributed by atoms with van der Waals surface area (Å²) in [5, 5.41) is 0. The smallest absolute Gasteiger partial charge is 0.0434 e. The standard InChI is InChI=1S/C27H39N/c1-3-5-6-7-8-10-23-11-15-24(16-12-23)26-19-20-27(28-21-26)25-17-13-22(9-4-2)14-18-25/h11-12,15-16,19-22,25H,3-10,13-14,17-18H2,1-2H3. The van der Waals surface area contributed by atoms with E-state index in [9.17, 15) is 0 Å². The van der Waals surface area contributed by atoms with Crippen LogP contribution in [-0.2, 0) is 6.42 Å². The van der Waals surface area contributed by atoms with Gasteiger partial charge in [0, 0.05) is 23.4 Å². The van der Waals surface area contributed by atoms with Crippen molar-refractivity contribution in [3.63, 3.8) is 0 Å². The molecule has 0 N–H and O–H groups in total. The summed E-state index contributed by atoms with van der Waals surface area (Å²) >= 11 is 0. The van der Waals surface area contributed by atoms with Gasteiger partial charge in [-0.2, -0.15) is 0 Å². The van der Waals surface area contributed by atoms with Gasteiger partial charge in [-0.3, -0.25) is 4.98 Å². The number of aryl methyl sites for hydroxylation is 1. The van der Waals surface area contributed by atoms with Crippen molar-refractivity contribution in [2.75, 3.05) is 0 Å². The highest BCUT2D eigenvalue weighted by molar-refractivity contribution is 5.62. The Morgan fingerprint density at radius 1 is 0.750 bits per heavy atom. The van der Waals surface area contributed by atoms with Crippen molar-refractivity contribution in [1.82, 2.24) is 4.98 Å². The van der Waals surface area contributed by atoms with Crippen LogP contribution in [0.25, 0.3) is 11.1 Å². The molecule has 0 saturated heterocycles. The van der Waals surface area contributed by atoms with E-state index in [0.717, 1.165) is 5.92 Å². The molecule has 0 spiro atoms. The number of hydrogen-bond donors (Lipinski definition) is 0. The molecule has 0 unspecified atom stereocenters. The SMILES string of the molecule is CCCCCCCc1ccc(-c2ccc(C3CCC(CCC)CC3)nc2)cc1. The molecule has 0 aliphatic heterocycles. The average Bonchev–Trinajstić information content (AvgIpc) is 2.75. The van der Waals surface area contributed by atoms with Gasteiger partial charge in [-0.25, -0.2) is 0 Å². The minimum absolute atomic E-state index is 0.678. The molecule has 1 saturated carbocycles. The third-order valence-electron chi connectivity index (χ3n) is 6.60. The van der Waals surface area contributed by atoms with Crippen molar-refractivity contribution in [2.24, 2.45) is 5.92 Å². The Hall–Kier alpha value is -1.63. The molecule has 28 heavy (non-hydrogen) atoms. The number of rotatable bonds is 10. The molecule has 3 rings (SSSR count). The average molecular weight is 378 g/mol. The summed E-state index contributed by atoms with van der Waals surface area (Å²) in [6.45, 7) is 4.59. The molecule has 2 aromatic rings. The molecule has 1 aliphatic carbocycles. The lowest BCUT2D eigenvalue weighted by Crippen LogP contribution is -2.14. The number of pyridine rings is 1. The van der Waals surface area contributed by atoms with Gasteiger partial charge in [-0.05, 0) is 61.6 Å². The number of hydrogen-bond acceptors (Lipinski definition) is 1. The van der Waals surface area contributed by atoms with Crippen molar-refractivity contribution >= 4 is 0 Å². The Bertz CT molecular complexity index is 662. The number of unbranched alkanes of at least 4 members (excludes halogenated alkanes) is 4. The quantitative estimate of drug-likeness (QED) is 0.379. The number of aromatic nitrogens is 1. The summed E-state index contributed by atoms with van der Waals surface area (Å²) in [4.78, 5) is 4.85. The Labute approximate surface area is 173 Å². The van der Waals surface area contributed by atoms with Gasteiger partial charge in [0.1, 0.15) is 0 Å². The second kappa shape index (κ2) is 11.4. The van der Waals surface area contributed by atoms with E-state index < -0.39 is 0 Å². The molecule has 0 radical (unpaired) electrons. The lowest BCUT2D eigenvalue weighted by Gasteiger charge is -2.28. The summed E-state index contributed by atoms with van der Waals surface area (Å²) in [6.07, 6.45) is 18.2. The molecule has 1 aliphatic rings. The van der Waals surface area contributed by atoms with Gasteiger partial charge in [0.05, 0.1) is 0 Å². The van der Waals surface area contributed by atoms with Crippen LogP contribution in [0.3, 0.4) is 0 Å². The van der Waals surface area contributed by atoms with Crippen molar-refractivity contribution in [2.45, 2.75) is 96.8 Å². The summed E-state index contributed by atoms with van der Waals surface area (Å²) in [7, 11) is 0. The van der Waals surface area contributed by atoms with Crippen molar-refractivity contribution in [3.05, 3.63) is 53.9 Å². The third kappa shape index (κ3) is 6.19. The molecule has 1 heteroatoms. The van der Waals surface area contributed by atoms with Gasteiger partial charge in [-0.15, -0.1) is 0 Å². The molecule has 0 amide bonds. The minimum atomic E-state index is 0.678. The first-order chi connectivity index (χ1) is 13.8. The summed E-state index contributed by atoms with van der Waals surface area (Å²) < 4.78 is 0. The molecule has 0 bridgehead atoms. The maximum absolute atomic E-state index is 4.85. The fraction of sp³-hybridized carbons (Fsp3) is 0.593. The van der Waals surface area contributed by atoms with Crippen LogP contribution in [0, 0.1) is 5.92 Å². The highest BCUT2D eigenvalue weighted by Crippen LogP contribution is 2.37. The molecule has 1 heterocycles. The zero-order valence-electron chi connectivity index (χ0n) is 18.1. The predicted molar refractivity (Wildman–Crippen MR) is 122 cm³/mol. The fourth-order valence-corrected chi connectivity index (χ4v) is 4.77. The van der Waals surface area contributed by atoms with Crippen LogP contribution in [0.15, 0.2) is 42.6 Å². The lowest BCUT2D eigenvalue weighted by molar-refractivity contribution is 0.305. The van der Waals surface area contributed by atoms with Crippen LogP contribution in [0.5, 0.6) is 0 Å². The first-order valence-corrected chi connectivity index (χ1v) is 11.9. The van der Waals surface area contributed by atoms with Gasteiger partial charge < -0.3 is 0 Å². The van der Waals surface area contributed by atoms with E-state index in [2.05, 4.69) is 56.4 Å². The van der Waals surface area contributed by atoms with Crippen LogP contribution in [0.4, 0.5) is 0 Å². The van der Waals surface area contributed by atoms with Gasteiger partial charge >= 0.3 is 0 Å². The molecule has 0 atom stereocenters. The summed E-state index contributed by atoms with van der Waals surface area (Å²) in [6, 6.07) is 13.7. The molecule has 1 nitrogen and oxygen atoms in total. The first-order valence-electron chi connectivity index (χ1n) is 11.9. The Morgan fingerprint density at radius 3 is 2.11 bits per heavy atom. The topological polar surface area (TPSA) is 12.9 Å². The van der Waals surface area contributed by atoms with Gasteiger partial charge in [-0.1, -0.05) is 82.7 Å². The molecule has 1 aromatic carbocycles. The van der Waals surface area contributed by atoms with E-state index in [1.165, 1.54) is 99.4 Å². The second-order valence-electron chi connectivity index (χ2n) is 8.84. The van der Waals surface area contributed by atoms with E-state index in [1.807, 2.05) is 0 Å². The van der Waals surface area contributed by atoms with Crippen molar-refractivity contribution < 1.29 is 0 Å². The maximum atomic E-state index is 4.85. The number of nitrogens with zero attached hydrogens (tertiary/aromatic N) is 1. The third-order valence-corrected chi connectivity index (χ3v) is 6.60. The van der Waals surface area contributed by atoms with Crippen LogP contribution < -0.4 is 0 Å².